The Kier molecular flexibility index (Phi) is 4.74. The predicted octanol–water partition coefficient (Wildman–Crippen LogP) is 5.08. The largest absolute Gasteiger partial charge is 0.307 e. The summed E-state index contributed by atoms with van der Waals surface area (Å²) in [6, 6.07) is 28.5. The second-order valence-corrected chi connectivity index (χ2v) is 8.51. The number of hydrogen-bond acceptors (Lipinski definition) is 2. The topological polar surface area (TPSA) is 37.4 Å². The highest BCUT2D eigenvalue weighted by Gasteiger charge is 2.56. The summed E-state index contributed by atoms with van der Waals surface area (Å²) in [4.78, 5) is 28.4. The molecular weight excluding hydrogens is 370 g/mol. The molecule has 3 nitrogen and oxygen atoms in total. The fourth-order valence-corrected chi connectivity index (χ4v) is 5.34. The average molecular weight is 396 g/mol. The maximum absolute atomic E-state index is 14.2. The van der Waals surface area contributed by atoms with Crippen molar-refractivity contribution in [1.29, 1.82) is 0 Å². The number of carbonyl (C=O) groups is 2. The number of amides is 1. The van der Waals surface area contributed by atoms with E-state index in [9.17, 15) is 9.59 Å². The van der Waals surface area contributed by atoms with Crippen LogP contribution in [0.1, 0.15) is 36.0 Å². The highest BCUT2D eigenvalue weighted by molar-refractivity contribution is 6.09. The van der Waals surface area contributed by atoms with Gasteiger partial charge in [-0.25, -0.2) is 0 Å². The first-order chi connectivity index (χ1) is 14.7. The summed E-state index contributed by atoms with van der Waals surface area (Å²) in [7, 11) is 0. The first kappa shape index (κ1) is 18.8. The highest BCUT2D eigenvalue weighted by Crippen LogP contribution is 2.52. The van der Waals surface area contributed by atoms with Gasteiger partial charge in [-0.1, -0.05) is 78.9 Å². The van der Waals surface area contributed by atoms with E-state index in [-0.39, 0.29) is 17.6 Å². The van der Waals surface area contributed by atoms with E-state index >= 15 is 0 Å². The Balaban J connectivity index is 1.63. The fourth-order valence-electron chi connectivity index (χ4n) is 5.34. The third kappa shape index (κ3) is 3.06. The van der Waals surface area contributed by atoms with E-state index in [1.807, 2.05) is 53.4 Å². The molecule has 1 heterocycles. The lowest BCUT2D eigenvalue weighted by atomic mass is 9.66. The SMILES string of the molecule is O=C1CC[C@H]([C@]2(Cc3ccccc3)C(=O)N(Cc3ccccc3)c3ccccc32)C1. The minimum Gasteiger partial charge on any atom is -0.307 e. The van der Waals surface area contributed by atoms with Gasteiger partial charge in [0.05, 0.1) is 12.0 Å². The molecule has 150 valence electrons. The number of rotatable bonds is 5. The number of benzene rings is 3. The third-order valence-corrected chi connectivity index (χ3v) is 6.75. The fraction of sp³-hybridized carbons (Fsp3) is 0.259. The lowest BCUT2D eigenvalue weighted by molar-refractivity contribution is -0.125. The van der Waals surface area contributed by atoms with Crippen molar-refractivity contribution in [2.45, 2.75) is 37.6 Å². The van der Waals surface area contributed by atoms with E-state index in [0.29, 0.717) is 25.8 Å². The number of para-hydroxylation sites is 1. The number of carbonyl (C=O) groups excluding carboxylic acids is 2. The van der Waals surface area contributed by atoms with Gasteiger partial charge in [0.15, 0.2) is 0 Å². The predicted molar refractivity (Wildman–Crippen MR) is 118 cm³/mol. The lowest BCUT2D eigenvalue weighted by Gasteiger charge is -2.34. The molecule has 0 saturated heterocycles. The van der Waals surface area contributed by atoms with E-state index in [1.54, 1.807) is 0 Å². The molecule has 1 saturated carbocycles. The Bertz CT molecular complexity index is 1080. The van der Waals surface area contributed by atoms with Gasteiger partial charge in [-0.15, -0.1) is 0 Å². The quantitative estimate of drug-likeness (QED) is 0.604. The van der Waals surface area contributed by atoms with Crippen LogP contribution in [-0.4, -0.2) is 11.7 Å². The number of anilines is 1. The molecule has 3 aromatic carbocycles. The number of ketones is 1. The summed E-state index contributed by atoms with van der Waals surface area (Å²) in [5, 5.41) is 0. The van der Waals surface area contributed by atoms with Crippen molar-refractivity contribution < 1.29 is 9.59 Å². The molecule has 0 bridgehead atoms. The van der Waals surface area contributed by atoms with Gasteiger partial charge in [0.2, 0.25) is 5.91 Å². The summed E-state index contributed by atoms with van der Waals surface area (Å²) in [6.07, 6.45) is 2.49. The van der Waals surface area contributed by atoms with Crippen LogP contribution in [0.5, 0.6) is 0 Å². The summed E-state index contributed by atoms with van der Waals surface area (Å²) >= 11 is 0. The monoisotopic (exact) mass is 395 g/mol. The summed E-state index contributed by atoms with van der Waals surface area (Å²) < 4.78 is 0. The van der Waals surface area contributed by atoms with Crippen molar-refractivity contribution in [1.82, 2.24) is 0 Å². The van der Waals surface area contributed by atoms with Crippen LogP contribution in [0.2, 0.25) is 0 Å². The normalized spacial score (nSPS) is 23.1. The van der Waals surface area contributed by atoms with Crippen molar-refractivity contribution in [2.75, 3.05) is 4.90 Å². The van der Waals surface area contributed by atoms with Gasteiger partial charge in [-0.2, -0.15) is 0 Å². The van der Waals surface area contributed by atoms with Crippen LogP contribution in [0.25, 0.3) is 0 Å². The van der Waals surface area contributed by atoms with E-state index in [1.165, 1.54) is 0 Å². The van der Waals surface area contributed by atoms with Gasteiger partial charge in [0, 0.05) is 18.5 Å². The molecule has 1 aliphatic heterocycles. The molecule has 0 radical (unpaired) electrons. The molecule has 2 aliphatic rings. The molecule has 0 N–H and O–H groups in total. The van der Waals surface area contributed by atoms with Crippen molar-refractivity contribution >= 4 is 17.4 Å². The minimum atomic E-state index is -0.682. The number of hydrogen-bond donors (Lipinski definition) is 0. The van der Waals surface area contributed by atoms with Crippen LogP contribution in [0.15, 0.2) is 84.9 Å². The summed E-state index contributed by atoms with van der Waals surface area (Å²) in [5.41, 5.74) is 3.63. The minimum absolute atomic E-state index is 0.0413. The molecule has 1 amide bonds. The number of Topliss-reactive ketones (excluding diaryl/α,β-unsaturated/α-hetero) is 1. The van der Waals surface area contributed by atoms with Crippen molar-refractivity contribution in [2.24, 2.45) is 5.92 Å². The van der Waals surface area contributed by atoms with Gasteiger partial charge < -0.3 is 4.90 Å². The zero-order valence-corrected chi connectivity index (χ0v) is 17.0. The molecular formula is C27H25NO2. The molecule has 1 aliphatic carbocycles. The van der Waals surface area contributed by atoms with Crippen molar-refractivity contribution in [3.63, 3.8) is 0 Å². The average Bonchev–Trinajstić information content (AvgIpc) is 3.32. The Morgan fingerprint density at radius 3 is 2.10 bits per heavy atom. The second kappa shape index (κ2) is 7.56. The zero-order chi connectivity index (χ0) is 20.6. The van der Waals surface area contributed by atoms with Crippen molar-refractivity contribution in [3.8, 4) is 0 Å². The van der Waals surface area contributed by atoms with Crippen LogP contribution in [0, 0.1) is 5.92 Å². The van der Waals surface area contributed by atoms with Gasteiger partial charge in [0.25, 0.3) is 0 Å². The van der Waals surface area contributed by atoms with Gasteiger partial charge in [-0.05, 0) is 41.5 Å². The van der Waals surface area contributed by atoms with E-state index < -0.39 is 5.41 Å². The molecule has 0 spiro atoms. The van der Waals surface area contributed by atoms with Gasteiger partial charge in [0.1, 0.15) is 5.78 Å². The molecule has 0 unspecified atom stereocenters. The van der Waals surface area contributed by atoms with Crippen LogP contribution in [0.4, 0.5) is 5.69 Å². The van der Waals surface area contributed by atoms with E-state index in [4.69, 9.17) is 0 Å². The maximum atomic E-state index is 14.2. The van der Waals surface area contributed by atoms with E-state index in [2.05, 4.69) is 36.4 Å². The maximum Gasteiger partial charge on any atom is 0.238 e. The Morgan fingerprint density at radius 1 is 0.800 bits per heavy atom. The van der Waals surface area contributed by atoms with E-state index in [0.717, 1.165) is 28.8 Å². The molecule has 2 atom stereocenters. The lowest BCUT2D eigenvalue weighted by Crippen LogP contribution is -2.46. The molecule has 30 heavy (non-hydrogen) atoms. The van der Waals surface area contributed by atoms with Gasteiger partial charge >= 0.3 is 0 Å². The number of fused-ring (bicyclic) bond motifs is 1. The van der Waals surface area contributed by atoms with Crippen LogP contribution in [-0.2, 0) is 28.0 Å². The van der Waals surface area contributed by atoms with Gasteiger partial charge in [-0.3, -0.25) is 9.59 Å². The van der Waals surface area contributed by atoms with Crippen LogP contribution in [0.3, 0.4) is 0 Å². The first-order valence-electron chi connectivity index (χ1n) is 10.7. The second-order valence-electron chi connectivity index (χ2n) is 8.51. The Hall–Kier alpha value is -3.20. The number of nitrogens with zero attached hydrogens (tertiary/aromatic N) is 1. The molecule has 1 fully saturated rings. The molecule has 3 heteroatoms. The zero-order valence-electron chi connectivity index (χ0n) is 17.0. The molecule has 3 aromatic rings. The highest BCUT2D eigenvalue weighted by atomic mass is 16.2. The standard InChI is InChI=1S/C27H25NO2/c29-23-16-15-22(17-23)27(18-20-9-3-1-4-10-20)24-13-7-8-14-25(24)28(26(27)30)19-21-11-5-2-6-12-21/h1-14,22H,15-19H2/t22-,27-/m0/s1. The Morgan fingerprint density at radius 2 is 1.43 bits per heavy atom. The molecule has 0 aromatic heterocycles. The molecule has 5 rings (SSSR count). The first-order valence-corrected chi connectivity index (χ1v) is 10.7. The van der Waals surface area contributed by atoms with Crippen molar-refractivity contribution in [3.05, 3.63) is 102 Å². The summed E-state index contributed by atoms with van der Waals surface area (Å²) in [6.45, 7) is 0.549. The van der Waals surface area contributed by atoms with Crippen LogP contribution >= 0.6 is 0 Å². The third-order valence-electron chi connectivity index (χ3n) is 6.75. The smallest absolute Gasteiger partial charge is 0.238 e. The van der Waals surface area contributed by atoms with Crippen LogP contribution < -0.4 is 4.90 Å². The summed E-state index contributed by atoms with van der Waals surface area (Å²) in [5.74, 6) is 0.454. The Labute approximate surface area is 177 Å².